The number of hydrogen-bond acceptors (Lipinski definition) is 1. The summed E-state index contributed by atoms with van der Waals surface area (Å²) in [5.41, 5.74) is -0.386. The van der Waals surface area contributed by atoms with Crippen LogP contribution in [0.25, 0.3) is 0 Å². The van der Waals surface area contributed by atoms with Crippen LogP contribution in [-0.2, 0) is 0 Å². The van der Waals surface area contributed by atoms with E-state index in [1.807, 2.05) is 0 Å². The van der Waals surface area contributed by atoms with E-state index in [2.05, 4.69) is 20.8 Å². The second-order valence-electron chi connectivity index (χ2n) is 4.59. The molecule has 1 fully saturated rings. The molecular weight excluding hydrogens is 148 g/mol. The Hall–Kier alpha value is -0.0400. The lowest BCUT2D eigenvalue weighted by atomic mass is 9.83. The van der Waals surface area contributed by atoms with Crippen molar-refractivity contribution in [2.24, 2.45) is 11.8 Å². The van der Waals surface area contributed by atoms with Crippen LogP contribution in [0.4, 0.5) is 0 Å². The highest BCUT2D eigenvalue weighted by atomic mass is 16.3. The molecule has 0 heterocycles. The van der Waals surface area contributed by atoms with Crippen LogP contribution < -0.4 is 0 Å². The maximum atomic E-state index is 10.2. The Morgan fingerprint density at radius 2 is 2.00 bits per heavy atom. The molecule has 0 bridgehead atoms. The first-order valence-electron chi connectivity index (χ1n) is 5.31. The zero-order chi connectivity index (χ0) is 9.19. The Morgan fingerprint density at radius 1 is 1.42 bits per heavy atom. The van der Waals surface area contributed by atoms with E-state index < -0.39 is 0 Å². The monoisotopic (exact) mass is 170 g/mol. The van der Waals surface area contributed by atoms with E-state index in [-0.39, 0.29) is 5.60 Å². The van der Waals surface area contributed by atoms with E-state index in [1.54, 1.807) is 0 Å². The molecule has 0 spiro atoms. The van der Waals surface area contributed by atoms with Gasteiger partial charge < -0.3 is 5.11 Å². The van der Waals surface area contributed by atoms with Gasteiger partial charge in [-0.25, -0.2) is 0 Å². The number of hydrogen-bond donors (Lipinski definition) is 1. The molecule has 72 valence electrons. The first-order valence-corrected chi connectivity index (χ1v) is 5.31. The fourth-order valence-electron chi connectivity index (χ4n) is 1.73. The maximum absolute atomic E-state index is 10.2. The molecule has 0 aromatic carbocycles. The van der Waals surface area contributed by atoms with E-state index in [1.165, 1.54) is 19.3 Å². The molecule has 1 saturated carbocycles. The van der Waals surface area contributed by atoms with Crippen LogP contribution in [0.5, 0.6) is 0 Å². The van der Waals surface area contributed by atoms with Gasteiger partial charge in [-0.05, 0) is 31.1 Å². The van der Waals surface area contributed by atoms with Crippen LogP contribution in [0.1, 0.15) is 52.9 Å². The predicted octanol–water partition coefficient (Wildman–Crippen LogP) is 2.97. The molecule has 1 nitrogen and oxygen atoms in total. The Labute approximate surface area is 76.2 Å². The van der Waals surface area contributed by atoms with Gasteiger partial charge in [0, 0.05) is 0 Å². The van der Waals surface area contributed by atoms with Gasteiger partial charge in [-0.2, -0.15) is 0 Å². The summed E-state index contributed by atoms with van der Waals surface area (Å²) >= 11 is 0. The van der Waals surface area contributed by atoms with Crippen molar-refractivity contribution in [1.82, 2.24) is 0 Å². The average Bonchev–Trinajstić information content (AvgIpc) is 2.83. The van der Waals surface area contributed by atoms with Crippen molar-refractivity contribution in [1.29, 1.82) is 0 Å². The molecule has 1 heteroatoms. The lowest BCUT2D eigenvalue weighted by Gasteiger charge is -2.31. The fourth-order valence-corrected chi connectivity index (χ4v) is 1.73. The number of aliphatic hydroxyl groups is 1. The summed E-state index contributed by atoms with van der Waals surface area (Å²) in [6.45, 7) is 6.33. The summed E-state index contributed by atoms with van der Waals surface area (Å²) in [5.74, 6) is 1.35. The van der Waals surface area contributed by atoms with Crippen LogP contribution in [0.3, 0.4) is 0 Å². The molecule has 1 aliphatic carbocycles. The molecule has 1 rings (SSSR count). The van der Waals surface area contributed by atoms with Gasteiger partial charge in [0.25, 0.3) is 0 Å². The Kier molecular flexibility index (Phi) is 3.16. The Bertz CT molecular complexity index is 138. The van der Waals surface area contributed by atoms with Gasteiger partial charge in [0.2, 0.25) is 0 Å². The highest BCUT2D eigenvalue weighted by molar-refractivity contribution is 4.84. The van der Waals surface area contributed by atoms with Gasteiger partial charge in [-0.3, -0.25) is 0 Å². The van der Waals surface area contributed by atoms with Crippen LogP contribution in [0.15, 0.2) is 0 Å². The Balaban J connectivity index is 2.30. The van der Waals surface area contributed by atoms with Crippen molar-refractivity contribution < 1.29 is 5.11 Å². The van der Waals surface area contributed by atoms with Gasteiger partial charge in [-0.15, -0.1) is 0 Å². The first kappa shape index (κ1) is 10.0. The predicted molar refractivity (Wildman–Crippen MR) is 52.0 cm³/mol. The molecule has 12 heavy (non-hydrogen) atoms. The van der Waals surface area contributed by atoms with E-state index in [0.29, 0.717) is 5.92 Å². The minimum atomic E-state index is -0.386. The normalized spacial score (nSPS) is 22.8. The van der Waals surface area contributed by atoms with Gasteiger partial charge in [-0.1, -0.05) is 33.6 Å². The third-order valence-electron chi connectivity index (χ3n) is 3.37. The summed E-state index contributed by atoms with van der Waals surface area (Å²) in [5, 5.41) is 10.2. The molecule has 0 aliphatic heterocycles. The van der Waals surface area contributed by atoms with E-state index in [0.717, 1.165) is 18.8 Å². The smallest absolute Gasteiger partial charge is 0.0668 e. The lowest BCUT2D eigenvalue weighted by Crippen LogP contribution is -2.34. The van der Waals surface area contributed by atoms with Crippen LogP contribution in [0, 0.1) is 11.8 Å². The van der Waals surface area contributed by atoms with Crippen molar-refractivity contribution >= 4 is 0 Å². The van der Waals surface area contributed by atoms with Crippen molar-refractivity contribution in [2.45, 2.75) is 58.5 Å². The third kappa shape index (κ3) is 2.48. The molecular formula is C11H22O. The largest absolute Gasteiger partial charge is 0.390 e. The van der Waals surface area contributed by atoms with E-state index in [9.17, 15) is 5.11 Å². The summed E-state index contributed by atoms with van der Waals surface area (Å²) in [6.07, 6.45) is 5.95. The van der Waals surface area contributed by atoms with Crippen molar-refractivity contribution in [3.05, 3.63) is 0 Å². The van der Waals surface area contributed by atoms with Crippen molar-refractivity contribution in [2.75, 3.05) is 0 Å². The van der Waals surface area contributed by atoms with Crippen LogP contribution in [0.2, 0.25) is 0 Å². The summed E-state index contributed by atoms with van der Waals surface area (Å²) in [7, 11) is 0. The highest BCUT2D eigenvalue weighted by Gasteiger charge is 2.31. The van der Waals surface area contributed by atoms with Crippen molar-refractivity contribution in [3.8, 4) is 0 Å². The summed E-state index contributed by atoms with van der Waals surface area (Å²) in [6, 6.07) is 0. The number of rotatable bonds is 5. The van der Waals surface area contributed by atoms with E-state index in [4.69, 9.17) is 0 Å². The second kappa shape index (κ2) is 3.78. The standard InChI is InChI=1S/C11H22O/c1-4-11(12,9(2)3)8-7-10-5-6-10/h9-10,12H,4-8H2,1-3H3. The molecule has 1 N–H and O–H groups in total. The zero-order valence-corrected chi connectivity index (χ0v) is 8.64. The lowest BCUT2D eigenvalue weighted by molar-refractivity contribution is -0.0193. The molecule has 0 aromatic heterocycles. The van der Waals surface area contributed by atoms with Gasteiger partial charge in [0.15, 0.2) is 0 Å². The Morgan fingerprint density at radius 3 is 2.33 bits per heavy atom. The van der Waals surface area contributed by atoms with Crippen LogP contribution >= 0.6 is 0 Å². The molecule has 1 atom stereocenters. The summed E-state index contributed by atoms with van der Waals surface area (Å²) < 4.78 is 0. The average molecular weight is 170 g/mol. The second-order valence-corrected chi connectivity index (χ2v) is 4.59. The zero-order valence-electron chi connectivity index (χ0n) is 8.64. The molecule has 0 aromatic rings. The topological polar surface area (TPSA) is 20.2 Å². The minimum absolute atomic E-state index is 0.386. The first-order chi connectivity index (χ1) is 5.58. The van der Waals surface area contributed by atoms with Gasteiger partial charge in [0.1, 0.15) is 0 Å². The highest BCUT2D eigenvalue weighted by Crippen LogP contribution is 2.37. The van der Waals surface area contributed by atoms with Gasteiger partial charge in [0.05, 0.1) is 5.60 Å². The molecule has 0 radical (unpaired) electrons. The molecule has 0 amide bonds. The molecule has 0 saturated heterocycles. The molecule has 1 aliphatic rings. The molecule has 1 unspecified atom stereocenters. The maximum Gasteiger partial charge on any atom is 0.0668 e. The summed E-state index contributed by atoms with van der Waals surface area (Å²) in [4.78, 5) is 0. The van der Waals surface area contributed by atoms with Crippen LogP contribution in [-0.4, -0.2) is 10.7 Å². The quantitative estimate of drug-likeness (QED) is 0.672. The van der Waals surface area contributed by atoms with E-state index >= 15 is 0 Å². The minimum Gasteiger partial charge on any atom is -0.390 e. The van der Waals surface area contributed by atoms with Crippen molar-refractivity contribution in [3.63, 3.8) is 0 Å². The fraction of sp³-hybridized carbons (Fsp3) is 1.00. The third-order valence-corrected chi connectivity index (χ3v) is 3.37. The SMILES string of the molecule is CCC(O)(CCC1CC1)C(C)C. The van der Waals surface area contributed by atoms with Gasteiger partial charge >= 0.3 is 0 Å².